The SMILES string of the molecule is COc1ccc(S(=O)(=O)NCCc2nnc3ccccn23)cc1. The molecule has 0 aliphatic heterocycles. The Morgan fingerprint density at radius 2 is 1.91 bits per heavy atom. The minimum Gasteiger partial charge on any atom is -0.497 e. The highest BCUT2D eigenvalue weighted by Gasteiger charge is 2.14. The van der Waals surface area contributed by atoms with Crippen LogP contribution < -0.4 is 9.46 Å². The van der Waals surface area contributed by atoms with Gasteiger partial charge in [0.25, 0.3) is 0 Å². The van der Waals surface area contributed by atoms with Crippen LogP contribution in [0.4, 0.5) is 0 Å². The van der Waals surface area contributed by atoms with E-state index in [0.29, 0.717) is 18.0 Å². The average molecular weight is 332 g/mol. The van der Waals surface area contributed by atoms with E-state index in [1.165, 1.54) is 19.2 Å². The summed E-state index contributed by atoms with van der Waals surface area (Å²) in [7, 11) is -2.02. The van der Waals surface area contributed by atoms with Crippen LogP contribution in [0.3, 0.4) is 0 Å². The maximum absolute atomic E-state index is 12.2. The summed E-state index contributed by atoms with van der Waals surface area (Å²) >= 11 is 0. The van der Waals surface area contributed by atoms with Crippen molar-refractivity contribution in [2.45, 2.75) is 11.3 Å². The first kappa shape index (κ1) is 15.4. The highest BCUT2D eigenvalue weighted by Crippen LogP contribution is 2.15. The summed E-state index contributed by atoms with van der Waals surface area (Å²) in [5.74, 6) is 1.32. The van der Waals surface area contributed by atoms with Crippen LogP contribution in [0.25, 0.3) is 5.65 Å². The molecule has 1 N–H and O–H groups in total. The molecule has 0 unspecified atom stereocenters. The monoisotopic (exact) mass is 332 g/mol. The number of rotatable bonds is 6. The number of fused-ring (bicyclic) bond motifs is 1. The van der Waals surface area contributed by atoms with Gasteiger partial charge in [-0.2, -0.15) is 0 Å². The van der Waals surface area contributed by atoms with Gasteiger partial charge < -0.3 is 4.74 Å². The molecule has 0 fully saturated rings. The van der Waals surface area contributed by atoms with Gasteiger partial charge in [0, 0.05) is 19.2 Å². The lowest BCUT2D eigenvalue weighted by Gasteiger charge is -2.07. The Hall–Kier alpha value is -2.45. The molecule has 23 heavy (non-hydrogen) atoms. The zero-order chi connectivity index (χ0) is 16.3. The highest BCUT2D eigenvalue weighted by molar-refractivity contribution is 7.89. The van der Waals surface area contributed by atoms with Gasteiger partial charge in [-0.05, 0) is 36.4 Å². The van der Waals surface area contributed by atoms with E-state index in [1.54, 1.807) is 12.1 Å². The number of nitrogens with one attached hydrogen (secondary N) is 1. The molecule has 0 aliphatic carbocycles. The van der Waals surface area contributed by atoms with E-state index in [9.17, 15) is 8.42 Å². The fourth-order valence-corrected chi connectivity index (χ4v) is 3.23. The van der Waals surface area contributed by atoms with E-state index in [4.69, 9.17) is 4.74 Å². The lowest BCUT2D eigenvalue weighted by Crippen LogP contribution is -2.26. The third kappa shape index (κ3) is 3.33. The molecule has 7 nitrogen and oxygen atoms in total. The molecule has 0 atom stereocenters. The van der Waals surface area contributed by atoms with E-state index in [-0.39, 0.29) is 11.4 Å². The second-order valence-electron chi connectivity index (χ2n) is 4.87. The van der Waals surface area contributed by atoms with Crippen molar-refractivity contribution in [1.29, 1.82) is 0 Å². The van der Waals surface area contributed by atoms with Crippen molar-refractivity contribution in [3.05, 3.63) is 54.5 Å². The van der Waals surface area contributed by atoms with Crippen molar-refractivity contribution in [1.82, 2.24) is 19.3 Å². The lowest BCUT2D eigenvalue weighted by molar-refractivity contribution is 0.414. The number of methoxy groups -OCH3 is 1. The lowest BCUT2D eigenvalue weighted by atomic mass is 10.3. The summed E-state index contributed by atoms with van der Waals surface area (Å²) in [4.78, 5) is 0.199. The zero-order valence-corrected chi connectivity index (χ0v) is 13.3. The van der Waals surface area contributed by atoms with Gasteiger partial charge in [0.15, 0.2) is 5.65 Å². The molecule has 0 amide bonds. The van der Waals surface area contributed by atoms with Crippen LogP contribution in [-0.4, -0.2) is 36.7 Å². The Morgan fingerprint density at radius 3 is 2.65 bits per heavy atom. The first-order chi connectivity index (χ1) is 11.1. The Labute approximate surface area is 134 Å². The Bertz CT molecular complexity index is 904. The van der Waals surface area contributed by atoms with Crippen molar-refractivity contribution >= 4 is 15.7 Å². The fourth-order valence-electron chi connectivity index (χ4n) is 2.20. The zero-order valence-electron chi connectivity index (χ0n) is 12.5. The molecule has 120 valence electrons. The average Bonchev–Trinajstić information content (AvgIpc) is 2.98. The van der Waals surface area contributed by atoms with Gasteiger partial charge in [0.1, 0.15) is 11.6 Å². The van der Waals surface area contributed by atoms with Crippen molar-refractivity contribution in [3.63, 3.8) is 0 Å². The predicted octanol–water partition coefficient (Wildman–Crippen LogP) is 1.26. The number of sulfonamides is 1. The van der Waals surface area contributed by atoms with Crippen LogP contribution in [0, 0.1) is 0 Å². The van der Waals surface area contributed by atoms with E-state index in [0.717, 1.165) is 5.65 Å². The number of hydrogen-bond acceptors (Lipinski definition) is 5. The second kappa shape index (κ2) is 6.35. The maximum Gasteiger partial charge on any atom is 0.240 e. The van der Waals surface area contributed by atoms with Crippen LogP contribution in [0.1, 0.15) is 5.82 Å². The van der Waals surface area contributed by atoms with E-state index in [1.807, 2.05) is 28.8 Å². The van der Waals surface area contributed by atoms with Crippen molar-refractivity contribution in [2.24, 2.45) is 0 Å². The van der Waals surface area contributed by atoms with Crippen molar-refractivity contribution < 1.29 is 13.2 Å². The predicted molar refractivity (Wildman–Crippen MR) is 84.9 cm³/mol. The van der Waals surface area contributed by atoms with E-state index in [2.05, 4.69) is 14.9 Å². The number of aromatic nitrogens is 3. The number of nitrogens with zero attached hydrogens (tertiary/aromatic N) is 3. The third-order valence-electron chi connectivity index (χ3n) is 3.39. The van der Waals surface area contributed by atoms with E-state index < -0.39 is 10.0 Å². The van der Waals surface area contributed by atoms with Gasteiger partial charge >= 0.3 is 0 Å². The number of benzene rings is 1. The van der Waals surface area contributed by atoms with Gasteiger partial charge in [-0.15, -0.1) is 10.2 Å². The topological polar surface area (TPSA) is 85.6 Å². The second-order valence-corrected chi connectivity index (χ2v) is 6.64. The molecule has 3 rings (SSSR count). The van der Waals surface area contributed by atoms with Crippen molar-refractivity contribution in [3.8, 4) is 5.75 Å². The molecule has 2 aromatic heterocycles. The molecular weight excluding hydrogens is 316 g/mol. The minimum atomic E-state index is -3.55. The van der Waals surface area contributed by atoms with Crippen molar-refractivity contribution in [2.75, 3.05) is 13.7 Å². The molecule has 0 saturated carbocycles. The maximum atomic E-state index is 12.2. The summed E-state index contributed by atoms with van der Waals surface area (Å²) in [5.41, 5.74) is 0.737. The van der Waals surface area contributed by atoms with E-state index >= 15 is 0 Å². The van der Waals surface area contributed by atoms with Crippen LogP contribution in [0.15, 0.2) is 53.6 Å². The first-order valence-corrected chi connectivity index (χ1v) is 8.51. The molecule has 2 heterocycles. The minimum absolute atomic E-state index is 0.199. The number of ether oxygens (including phenoxy) is 1. The summed E-state index contributed by atoms with van der Waals surface area (Å²) in [6, 6.07) is 11.8. The van der Waals surface area contributed by atoms with Crippen LogP contribution in [-0.2, 0) is 16.4 Å². The Morgan fingerprint density at radius 1 is 1.13 bits per heavy atom. The third-order valence-corrected chi connectivity index (χ3v) is 4.87. The van der Waals surface area contributed by atoms with Crippen LogP contribution in [0.2, 0.25) is 0 Å². The van der Waals surface area contributed by atoms with Gasteiger partial charge in [0.05, 0.1) is 12.0 Å². The summed E-state index contributed by atoms with van der Waals surface area (Å²) in [5, 5.41) is 8.10. The number of pyridine rings is 1. The molecule has 0 radical (unpaired) electrons. The number of hydrogen-bond donors (Lipinski definition) is 1. The largest absolute Gasteiger partial charge is 0.497 e. The van der Waals surface area contributed by atoms with Gasteiger partial charge in [-0.1, -0.05) is 6.07 Å². The molecule has 1 aromatic carbocycles. The fraction of sp³-hybridized carbons (Fsp3) is 0.200. The molecule has 0 saturated heterocycles. The van der Waals surface area contributed by atoms with Crippen LogP contribution in [0.5, 0.6) is 5.75 Å². The first-order valence-electron chi connectivity index (χ1n) is 7.02. The molecule has 0 aliphatic rings. The van der Waals surface area contributed by atoms with Gasteiger partial charge in [-0.25, -0.2) is 13.1 Å². The molecule has 8 heteroatoms. The van der Waals surface area contributed by atoms with Gasteiger partial charge in [-0.3, -0.25) is 4.40 Å². The molecular formula is C15H16N4O3S. The summed E-state index contributed by atoms with van der Waals surface area (Å²) in [6.07, 6.45) is 2.29. The molecule has 3 aromatic rings. The smallest absolute Gasteiger partial charge is 0.240 e. The summed E-state index contributed by atoms with van der Waals surface area (Å²) < 4.78 is 33.9. The Balaban J connectivity index is 1.67. The quantitative estimate of drug-likeness (QED) is 0.734. The van der Waals surface area contributed by atoms with Gasteiger partial charge in [0.2, 0.25) is 10.0 Å². The van der Waals surface area contributed by atoms with Crippen LogP contribution >= 0.6 is 0 Å². The Kier molecular flexibility index (Phi) is 4.26. The summed E-state index contributed by atoms with van der Waals surface area (Å²) in [6.45, 7) is 0.240. The standard InChI is InChI=1S/C15H16N4O3S/c1-22-12-5-7-13(8-6-12)23(20,21)16-10-9-15-18-17-14-4-2-3-11-19(14)15/h2-8,11,16H,9-10H2,1H3. The molecule has 0 bridgehead atoms. The highest BCUT2D eigenvalue weighted by atomic mass is 32.2. The normalized spacial score (nSPS) is 11.7. The molecule has 0 spiro atoms.